The van der Waals surface area contributed by atoms with Crippen LogP contribution in [0.5, 0.6) is 0 Å². The Labute approximate surface area is 191 Å². The van der Waals surface area contributed by atoms with E-state index in [9.17, 15) is 13.6 Å². The van der Waals surface area contributed by atoms with Crippen LogP contribution in [0.25, 0.3) is 27.6 Å². The Balaban J connectivity index is 0.000000214. The summed E-state index contributed by atoms with van der Waals surface area (Å²) in [5, 5.41) is 1.39. The predicted octanol–water partition coefficient (Wildman–Crippen LogP) is 4.81. The topological polar surface area (TPSA) is 102 Å². The van der Waals surface area contributed by atoms with Crippen LogP contribution in [0.4, 0.5) is 14.6 Å². The average molecular weight is 469 g/mol. The molecule has 0 radical (unpaired) electrons. The number of fused-ring (bicyclic) bond motifs is 2. The number of benzene rings is 2. The second-order valence-electron chi connectivity index (χ2n) is 7.22. The number of imidazole rings is 1. The molecule has 0 atom stereocenters. The van der Waals surface area contributed by atoms with Crippen molar-refractivity contribution >= 4 is 39.4 Å². The third-order valence-electron chi connectivity index (χ3n) is 4.94. The van der Waals surface area contributed by atoms with Gasteiger partial charge in [-0.2, -0.15) is 0 Å². The van der Waals surface area contributed by atoms with Crippen molar-refractivity contribution in [1.82, 2.24) is 24.5 Å². The van der Waals surface area contributed by atoms with E-state index in [-0.39, 0.29) is 11.2 Å². The predicted molar refractivity (Wildman–Crippen MR) is 125 cm³/mol. The SMILES string of the molecule is CCCc1cc2cccc(Cl)c2c(=O)n1-c1cc(F)cc(F)c1.Nc1ncnc2nc[nH]c12. The van der Waals surface area contributed by atoms with Gasteiger partial charge in [-0.05, 0) is 36.1 Å². The molecule has 33 heavy (non-hydrogen) atoms. The van der Waals surface area contributed by atoms with Gasteiger partial charge in [0, 0.05) is 11.8 Å². The molecular weight excluding hydrogens is 450 g/mol. The van der Waals surface area contributed by atoms with Crippen LogP contribution >= 0.6 is 11.6 Å². The molecule has 0 aliphatic rings. The van der Waals surface area contributed by atoms with Crippen molar-refractivity contribution in [2.24, 2.45) is 0 Å². The summed E-state index contributed by atoms with van der Waals surface area (Å²) in [5.41, 5.74) is 7.26. The summed E-state index contributed by atoms with van der Waals surface area (Å²) in [5.74, 6) is -1.02. The first-order valence-corrected chi connectivity index (χ1v) is 10.5. The van der Waals surface area contributed by atoms with Crippen LogP contribution < -0.4 is 11.3 Å². The highest BCUT2D eigenvalue weighted by atomic mass is 35.5. The number of nitrogens with zero attached hydrogens (tertiary/aromatic N) is 4. The molecule has 10 heteroatoms. The van der Waals surface area contributed by atoms with Gasteiger partial charge in [0.2, 0.25) is 0 Å². The van der Waals surface area contributed by atoms with Crippen LogP contribution in [0.1, 0.15) is 19.0 Å². The third-order valence-corrected chi connectivity index (χ3v) is 5.25. The summed E-state index contributed by atoms with van der Waals surface area (Å²) in [4.78, 5) is 27.3. The van der Waals surface area contributed by atoms with Crippen LogP contribution in [0.15, 0.2) is 59.9 Å². The van der Waals surface area contributed by atoms with E-state index in [1.165, 1.54) is 17.2 Å². The smallest absolute Gasteiger partial charge is 0.264 e. The molecule has 0 aliphatic heterocycles. The number of nitrogens with one attached hydrogen (secondary N) is 1. The Kier molecular flexibility index (Phi) is 6.32. The molecule has 2 aromatic carbocycles. The summed E-state index contributed by atoms with van der Waals surface area (Å²) in [6.45, 7) is 1.98. The lowest BCUT2D eigenvalue weighted by Crippen LogP contribution is -2.22. The fraction of sp³-hybridized carbons (Fsp3) is 0.130. The van der Waals surface area contributed by atoms with Gasteiger partial charge in [-0.3, -0.25) is 9.36 Å². The van der Waals surface area contributed by atoms with Crippen molar-refractivity contribution in [2.45, 2.75) is 19.8 Å². The minimum absolute atomic E-state index is 0.165. The first-order valence-electron chi connectivity index (χ1n) is 10.1. The Morgan fingerprint density at radius 3 is 2.55 bits per heavy atom. The molecule has 168 valence electrons. The average Bonchev–Trinajstić information content (AvgIpc) is 3.24. The molecule has 0 unspecified atom stereocenters. The summed E-state index contributed by atoms with van der Waals surface area (Å²) in [7, 11) is 0. The van der Waals surface area contributed by atoms with Gasteiger partial charge in [0.1, 0.15) is 23.5 Å². The third kappa shape index (κ3) is 4.54. The molecule has 0 saturated heterocycles. The van der Waals surface area contributed by atoms with Gasteiger partial charge in [-0.1, -0.05) is 37.1 Å². The second-order valence-corrected chi connectivity index (χ2v) is 7.63. The van der Waals surface area contributed by atoms with Crippen molar-refractivity contribution in [3.63, 3.8) is 0 Å². The van der Waals surface area contributed by atoms with Crippen LogP contribution in [-0.2, 0) is 6.42 Å². The van der Waals surface area contributed by atoms with Gasteiger partial charge in [-0.15, -0.1) is 0 Å². The summed E-state index contributed by atoms with van der Waals surface area (Å²) in [6.07, 6.45) is 4.33. The zero-order valence-electron chi connectivity index (χ0n) is 17.5. The number of aromatic nitrogens is 5. The Hall–Kier alpha value is -3.85. The van der Waals surface area contributed by atoms with Gasteiger partial charge in [0.25, 0.3) is 5.56 Å². The largest absolute Gasteiger partial charge is 0.382 e. The maximum absolute atomic E-state index is 13.6. The molecule has 7 nitrogen and oxygen atoms in total. The molecule has 5 aromatic rings. The molecule has 0 spiro atoms. The molecule has 0 bridgehead atoms. The number of hydrogen-bond donors (Lipinski definition) is 2. The highest BCUT2D eigenvalue weighted by molar-refractivity contribution is 6.35. The summed E-state index contributed by atoms with van der Waals surface area (Å²) < 4.78 is 28.5. The first-order chi connectivity index (χ1) is 15.9. The van der Waals surface area contributed by atoms with E-state index in [0.29, 0.717) is 39.5 Å². The number of nitrogen functional groups attached to an aromatic ring is 1. The van der Waals surface area contributed by atoms with E-state index in [4.69, 9.17) is 17.3 Å². The number of aryl methyl sites for hydroxylation is 1. The quantitative estimate of drug-likeness (QED) is 0.395. The summed E-state index contributed by atoms with van der Waals surface area (Å²) in [6, 6.07) is 10.1. The van der Waals surface area contributed by atoms with E-state index in [1.54, 1.807) is 18.2 Å². The fourth-order valence-corrected chi connectivity index (χ4v) is 3.81. The molecule has 3 heterocycles. The highest BCUT2D eigenvalue weighted by Gasteiger charge is 2.14. The van der Waals surface area contributed by atoms with E-state index >= 15 is 0 Å². The number of pyridine rings is 1. The lowest BCUT2D eigenvalue weighted by molar-refractivity contribution is 0.580. The molecule has 5 rings (SSSR count). The van der Waals surface area contributed by atoms with Gasteiger partial charge in [0.15, 0.2) is 11.5 Å². The lowest BCUT2D eigenvalue weighted by atomic mass is 10.1. The molecule has 0 saturated carbocycles. The van der Waals surface area contributed by atoms with Crippen LogP contribution in [0, 0.1) is 11.6 Å². The number of anilines is 1. The van der Waals surface area contributed by atoms with Crippen molar-refractivity contribution in [1.29, 1.82) is 0 Å². The first kappa shape index (κ1) is 22.3. The minimum Gasteiger partial charge on any atom is -0.382 e. The second kappa shape index (κ2) is 9.33. The molecule has 3 aromatic heterocycles. The van der Waals surface area contributed by atoms with Crippen molar-refractivity contribution < 1.29 is 8.78 Å². The standard InChI is InChI=1S/C18H14ClF2NO.C5H5N5/c1-2-4-14-7-11-5-3-6-16(19)17(11)18(23)22(14)15-9-12(20)8-13(21)10-15;6-4-3-5(9-1-7-3)10-2-8-4/h3,5-10H,2,4H2,1H3;1-2H,(H3,6,7,8,9,10). The minimum atomic E-state index is -0.728. The molecule has 3 N–H and O–H groups in total. The highest BCUT2D eigenvalue weighted by Crippen LogP contribution is 2.24. The number of halogens is 3. The molecule has 0 amide bonds. The van der Waals surface area contributed by atoms with Crippen LogP contribution in [0.2, 0.25) is 5.02 Å². The van der Waals surface area contributed by atoms with Crippen molar-refractivity contribution in [3.05, 3.63) is 87.8 Å². The Bertz CT molecular complexity index is 1490. The van der Waals surface area contributed by atoms with E-state index in [1.807, 2.05) is 13.0 Å². The van der Waals surface area contributed by atoms with E-state index < -0.39 is 11.6 Å². The Morgan fingerprint density at radius 2 is 1.85 bits per heavy atom. The van der Waals surface area contributed by atoms with Crippen molar-refractivity contribution in [2.75, 3.05) is 5.73 Å². The zero-order chi connectivity index (χ0) is 23.5. The maximum atomic E-state index is 13.6. The summed E-state index contributed by atoms with van der Waals surface area (Å²) >= 11 is 6.15. The fourth-order valence-electron chi connectivity index (χ4n) is 3.55. The number of H-pyrrole nitrogens is 1. The van der Waals surface area contributed by atoms with Gasteiger partial charge >= 0.3 is 0 Å². The Morgan fingerprint density at radius 1 is 1.09 bits per heavy atom. The number of aromatic amines is 1. The maximum Gasteiger partial charge on any atom is 0.264 e. The zero-order valence-corrected chi connectivity index (χ0v) is 18.3. The van der Waals surface area contributed by atoms with E-state index in [0.717, 1.165) is 30.0 Å². The van der Waals surface area contributed by atoms with E-state index in [2.05, 4.69) is 19.9 Å². The van der Waals surface area contributed by atoms with Crippen molar-refractivity contribution in [3.8, 4) is 5.69 Å². The van der Waals surface area contributed by atoms with Gasteiger partial charge in [0.05, 0.1) is 22.4 Å². The number of nitrogens with two attached hydrogens (primary N) is 1. The molecular formula is C23H19ClF2N6O. The molecule has 0 fully saturated rings. The monoisotopic (exact) mass is 468 g/mol. The van der Waals surface area contributed by atoms with Crippen LogP contribution in [0.3, 0.4) is 0 Å². The number of hydrogen-bond acceptors (Lipinski definition) is 5. The van der Waals surface area contributed by atoms with Gasteiger partial charge < -0.3 is 10.7 Å². The van der Waals surface area contributed by atoms with Gasteiger partial charge in [-0.25, -0.2) is 23.7 Å². The number of rotatable bonds is 3. The normalized spacial score (nSPS) is 10.9. The molecule has 0 aliphatic carbocycles. The van der Waals surface area contributed by atoms with Crippen LogP contribution in [-0.4, -0.2) is 24.5 Å². The lowest BCUT2D eigenvalue weighted by Gasteiger charge is -2.15.